The third-order valence-corrected chi connectivity index (χ3v) is 2.82. The zero-order valence-electron chi connectivity index (χ0n) is 14.1. The van der Waals surface area contributed by atoms with Crippen molar-refractivity contribution in [3.05, 3.63) is 0 Å². The lowest BCUT2D eigenvalue weighted by atomic mass is 10.2. The van der Waals surface area contributed by atoms with Crippen LogP contribution in [0.3, 0.4) is 0 Å². The topological polar surface area (TPSA) is 60.8 Å². The minimum Gasteiger partial charge on any atom is -0.385 e. The average Bonchev–Trinajstić information content (AvgIpc) is 2.09. The second-order valence-corrected chi connectivity index (χ2v) is 7.68. The molecule has 0 aromatic rings. The summed E-state index contributed by atoms with van der Waals surface area (Å²) in [6.07, 6.45) is -1.18. The Hall–Kier alpha value is -0.690. The number of hydrogen-bond acceptors (Lipinski definition) is 3. The highest BCUT2D eigenvalue weighted by Gasteiger charge is 2.24. The summed E-state index contributed by atoms with van der Waals surface area (Å²) in [5.41, 5.74) is 0. The molecule has 120 valence electrons. The number of carbonyl (C=O) groups is 1. The van der Waals surface area contributed by atoms with Crippen LogP contribution in [0, 0.1) is 0 Å². The maximum absolute atomic E-state index is 11.6. The van der Waals surface area contributed by atoms with Crippen LogP contribution in [0.5, 0.6) is 0 Å². The van der Waals surface area contributed by atoms with Crippen LogP contribution in [0.1, 0.15) is 6.92 Å². The van der Waals surface area contributed by atoms with Crippen molar-refractivity contribution in [1.29, 1.82) is 0 Å². The van der Waals surface area contributed by atoms with E-state index in [4.69, 9.17) is 0 Å². The molecule has 0 fully saturated rings. The lowest BCUT2D eigenvalue weighted by Crippen LogP contribution is -2.50. The third-order valence-electron chi connectivity index (χ3n) is 2.82. The van der Waals surface area contributed by atoms with Crippen molar-refractivity contribution in [2.45, 2.75) is 19.1 Å². The molecule has 0 aromatic carbocycles. The van der Waals surface area contributed by atoms with Gasteiger partial charge in [0.2, 0.25) is 5.91 Å². The SMILES string of the molecule is CC(=O)N(CC(O)C[N+](C)(C)C)CC(O)C[N+](C)(C)C. The molecule has 0 aliphatic rings. The highest BCUT2D eigenvalue weighted by molar-refractivity contribution is 5.73. The van der Waals surface area contributed by atoms with Gasteiger partial charge in [0.15, 0.2) is 0 Å². The molecule has 0 aromatic heterocycles. The number of aliphatic hydroxyl groups is 2. The zero-order valence-corrected chi connectivity index (χ0v) is 14.1. The molecule has 6 nitrogen and oxygen atoms in total. The first-order chi connectivity index (χ1) is 8.80. The van der Waals surface area contributed by atoms with Crippen molar-refractivity contribution in [3.63, 3.8) is 0 Å². The molecule has 0 radical (unpaired) electrons. The summed E-state index contributed by atoms with van der Waals surface area (Å²) in [7, 11) is 12.0. The standard InChI is InChI=1S/C14H33N3O3/c1-12(18)15(8-13(19)10-16(2,3)4)9-14(20)11-17(5,6)7/h13-14,19-20H,8-11H2,1-7H3/q+2. The molecule has 0 rings (SSSR count). The minimum absolute atomic E-state index is 0.120. The molecule has 6 heteroatoms. The Balaban J connectivity index is 4.48. The minimum atomic E-state index is -0.588. The van der Waals surface area contributed by atoms with Gasteiger partial charge in [0.1, 0.15) is 25.3 Å². The van der Waals surface area contributed by atoms with E-state index in [-0.39, 0.29) is 19.0 Å². The van der Waals surface area contributed by atoms with Gasteiger partial charge < -0.3 is 24.1 Å². The molecule has 1 amide bonds. The first-order valence-corrected chi connectivity index (χ1v) is 7.03. The fraction of sp³-hybridized carbons (Fsp3) is 0.929. The molecular formula is C14H33N3O3+2. The van der Waals surface area contributed by atoms with E-state index >= 15 is 0 Å². The van der Waals surface area contributed by atoms with E-state index < -0.39 is 12.2 Å². The largest absolute Gasteiger partial charge is 0.385 e. The van der Waals surface area contributed by atoms with E-state index in [0.717, 1.165) is 0 Å². The molecule has 20 heavy (non-hydrogen) atoms. The van der Waals surface area contributed by atoms with Crippen molar-refractivity contribution in [3.8, 4) is 0 Å². The Kier molecular flexibility index (Phi) is 7.10. The molecule has 0 saturated carbocycles. The predicted molar refractivity (Wildman–Crippen MR) is 80.1 cm³/mol. The average molecular weight is 291 g/mol. The van der Waals surface area contributed by atoms with Crippen LogP contribution >= 0.6 is 0 Å². The summed E-state index contributed by atoms with van der Waals surface area (Å²) >= 11 is 0. The summed E-state index contributed by atoms with van der Waals surface area (Å²) in [6.45, 7) is 3.12. The van der Waals surface area contributed by atoms with Crippen molar-refractivity contribution in [2.75, 3.05) is 68.5 Å². The molecular weight excluding hydrogens is 258 g/mol. The highest BCUT2D eigenvalue weighted by Crippen LogP contribution is 2.03. The van der Waals surface area contributed by atoms with Crippen molar-refractivity contribution >= 4 is 5.91 Å². The Morgan fingerprint density at radius 2 is 1.20 bits per heavy atom. The van der Waals surface area contributed by atoms with Gasteiger partial charge in [-0.1, -0.05) is 0 Å². The molecule has 2 N–H and O–H groups in total. The lowest BCUT2D eigenvalue weighted by molar-refractivity contribution is -0.873. The maximum Gasteiger partial charge on any atom is 0.219 e. The van der Waals surface area contributed by atoms with Crippen molar-refractivity contribution in [2.24, 2.45) is 0 Å². The van der Waals surface area contributed by atoms with Crippen LogP contribution in [0.25, 0.3) is 0 Å². The zero-order chi connectivity index (χ0) is 16.1. The molecule has 2 atom stereocenters. The van der Waals surface area contributed by atoms with Gasteiger partial charge in [-0.25, -0.2) is 0 Å². The highest BCUT2D eigenvalue weighted by atomic mass is 16.3. The molecule has 0 aliphatic carbocycles. The number of aliphatic hydroxyl groups excluding tert-OH is 2. The molecule has 0 bridgehead atoms. The van der Waals surface area contributed by atoms with Crippen molar-refractivity contribution < 1.29 is 24.0 Å². The van der Waals surface area contributed by atoms with Crippen LogP contribution < -0.4 is 0 Å². The summed E-state index contributed by atoms with van der Waals surface area (Å²) in [4.78, 5) is 13.2. The molecule has 0 heterocycles. The molecule has 0 saturated heterocycles. The first kappa shape index (κ1) is 19.3. The van der Waals surface area contributed by atoms with Crippen LogP contribution in [-0.2, 0) is 4.79 Å². The van der Waals surface area contributed by atoms with Gasteiger partial charge in [0.05, 0.1) is 55.4 Å². The second kappa shape index (κ2) is 7.36. The number of quaternary nitrogens is 2. The van der Waals surface area contributed by atoms with E-state index in [2.05, 4.69) is 0 Å². The van der Waals surface area contributed by atoms with Gasteiger partial charge >= 0.3 is 0 Å². The summed E-state index contributed by atoms with van der Waals surface area (Å²) in [6, 6.07) is 0. The monoisotopic (exact) mass is 291 g/mol. The Morgan fingerprint density at radius 3 is 1.40 bits per heavy atom. The fourth-order valence-electron chi connectivity index (χ4n) is 2.22. The Bertz CT molecular complexity index is 284. The Morgan fingerprint density at radius 1 is 0.900 bits per heavy atom. The second-order valence-electron chi connectivity index (χ2n) is 7.68. The summed E-state index contributed by atoms with van der Waals surface area (Å²) < 4.78 is 1.27. The normalized spacial score (nSPS) is 15.8. The fourth-order valence-corrected chi connectivity index (χ4v) is 2.22. The number of amides is 1. The molecule has 2 unspecified atom stereocenters. The third kappa shape index (κ3) is 10.1. The lowest BCUT2D eigenvalue weighted by Gasteiger charge is -2.32. The number of carbonyl (C=O) groups excluding carboxylic acids is 1. The molecule has 0 spiro atoms. The van der Waals surface area contributed by atoms with E-state index in [1.807, 2.05) is 42.3 Å². The van der Waals surface area contributed by atoms with Crippen LogP contribution in [0.15, 0.2) is 0 Å². The first-order valence-electron chi connectivity index (χ1n) is 7.03. The number of likely N-dealkylation sites (N-methyl/N-ethyl adjacent to an activating group) is 2. The molecule has 0 aliphatic heterocycles. The van der Waals surface area contributed by atoms with Gasteiger partial charge in [0.25, 0.3) is 0 Å². The van der Waals surface area contributed by atoms with Gasteiger partial charge in [-0.3, -0.25) is 4.79 Å². The smallest absolute Gasteiger partial charge is 0.219 e. The van der Waals surface area contributed by atoms with Gasteiger partial charge in [-0.2, -0.15) is 0 Å². The van der Waals surface area contributed by atoms with Gasteiger partial charge in [-0.15, -0.1) is 0 Å². The van der Waals surface area contributed by atoms with Gasteiger partial charge in [-0.05, 0) is 0 Å². The van der Waals surface area contributed by atoms with Crippen LogP contribution in [0.4, 0.5) is 0 Å². The number of hydrogen-bond donors (Lipinski definition) is 2. The van der Waals surface area contributed by atoms with E-state index in [9.17, 15) is 15.0 Å². The van der Waals surface area contributed by atoms with Gasteiger partial charge in [0, 0.05) is 6.92 Å². The van der Waals surface area contributed by atoms with E-state index in [1.54, 1.807) is 0 Å². The summed E-state index contributed by atoms with van der Waals surface area (Å²) in [5.74, 6) is -0.120. The van der Waals surface area contributed by atoms with Crippen LogP contribution in [-0.4, -0.2) is 111 Å². The Labute approximate surface area is 123 Å². The summed E-state index contributed by atoms with van der Waals surface area (Å²) in [5, 5.41) is 20.1. The maximum atomic E-state index is 11.6. The predicted octanol–water partition coefficient (Wildman–Crippen LogP) is -1.03. The quantitative estimate of drug-likeness (QED) is 0.562. The van der Waals surface area contributed by atoms with E-state index in [1.165, 1.54) is 11.8 Å². The van der Waals surface area contributed by atoms with E-state index in [0.29, 0.717) is 22.1 Å². The number of nitrogens with zero attached hydrogens (tertiary/aromatic N) is 3. The van der Waals surface area contributed by atoms with Crippen molar-refractivity contribution in [1.82, 2.24) is 4.90 Å². The van der Waals surface area contributed by atoms with Crippen LogP contribution in [0.2, 0.25) is 0 Å². The number of rotatable bonds is 8.